The summed E-state index contributed by atoms with van der Waals surface area (Å²) >= 11 is 2.59. The van der Waals surface area contributed by atoms with Crippen LogP contribution in [-0.4, -0.2) is 64.2 Å². The van der Waals surface area contributed by atoms with Gasteiger partial charge in [0.1, 0.15) is 21.4 Å². The van der Waals surface area contributed by atoms with E-state index in [1.165, 1.54) is 27.6 Å². The number of halogens is 1. The second-order valence-electron chi connectivity index (χ2n) is 11.8. The molecule has 4 aromatic rings. The van der Waals surface area contributed by atoms with Crippen LogP contribution in [0.4, 0.5) is 0 Å². The summed E-state index contributed by atoms with van der Waals surface area (Å²) in [6, 6.07) is 17.3. The zero-order chi connectivity index (χ0) is 33.3. The minimum Gasteiger partial charge on any atom is -0.351 e. The van der Waals surface area contributed by atoms with Crippen molar-refractivity contribution in [2.24, 2.45) is 11.7 Å². The Morgan fingerprint density at radius 2 is 1.50 bits per heavy atom. The van der Waals surface area contributed by atoms with Crippen molar-refractivity contribution in [3.05, 3.63) is 104 Å². The van der Waals surface area contributed by atoms with Crippen LogP contribution in [0.3, 0.4) is 0 Å². The third-order valence-electron chi connectivity index (χ3n) is 7.80. The Kier molecular flexibility index (Phi) is 13.2. The zero-order valence-corrected chi connectivity index (χ0v) is 29.2. The smallest absolute Gasteiger partial charge is 0.271 e. The van der Waals surface area contributed by atoms with E-state index in [0.29, 0.717) is 29.3 Å². The number of benzene rings is 2. The highest BCUT2D eigenvalue weighted by molar-refractivity contribution is 7.10. The predicted octanol–water partition coefficient (Wildman–Crippen LogP) is 4.08. The number of thiazole rings is 2. The minimum absolute atomic E-state index is 0. The van der Waals surface area contributed by atoms with Crippen molar-refractivity contribution in [1.82, 2.24) is 30.8 Å². The first-order valence-electron chi connectivity index (χ1n) is 15.6. The molecule has 0 radical (unpaired) electrons. The maximum atomic E-state index is 13.6. The Morgan fingerprint density at radius 1 is 0.896 bits per heavy atom. The van der Waals surface area contributed by atoms with E-state index < -0.39 is 18.1 Å². The van der Waals surface area contributed by atoms with Gasteiger partial charge in [0.2, 0.25) is 11.8 Å². The second-order valence-corrected chi connectivity index (χ2v) is 13.6. The summed E-state index contributed by atoms with van der Waals surface area (Å²) in [7, 11) is 0. The highest BCUT2D eigenvalue weighted by atomic mass is 35.5. The molecule has 1 aliphatic rings. The Morgan fingerprint density at radius 3 is 2.17 bits per heavy atom. The van der Waals surface area contributed by atoms with E-state index in [0.717, 1.165) is 11.1 Å². The Hall–Kier alpha value is -4.17. The van der Waals surface area contributed by atoms with Gasteiger partial charge in [-0.2, -0.15) is 0 Å². The largest absolute Gasteiger partial charge is 0.351 e. The molecule has 3 heterocycles. The van der Waals surface area contributed by atoms with Crippen molar-refractivity contribution >= 4 is 58.7 Å². The van der Waals surface area contributed by atoms with Crippen LogP contribution in [0.5, 0.6) is 0 Å². The highest BCUT2D eigenvalue weighted by Crippen LogP contribution is 2.27. The summed E-state index contributed by atoms with van der Waals surface area (Å²) in [5, 5.41) is 13.5. The molecule has 5 N–H and O–H groups in total. The van der Waals surface area contributed by atoms with E-state index in [-0.39, 0.29) is 73.0 Å². The monoisotopic (exact) mass is 709 g/mol. The molecule has 2 aromatic carbocycles. The maximum absolute atomic E-state index is 13.6. The standard InChI is InChI=1S/C34H39N7O4S2.ClH/c1-21(2)29-33-39-26(19-47-33)30(43)36-14-9-15-41(34(45)24(35)16-22-10-5-3-6-11-22)18-28(42)37-25(17-23-12-7-4-8-13-23)32-38-27(20-46-32)31(44)40-29;/h3-8,10-13,19-21,24-25,29H,9,14-18,35H2,1-2H3,(H,36,43)(H,37,42)(H,40,44);1H/t24-,25+,29+;/m1./s1. The highest BCUT2D eigenvalue weighted by Gasteiger charge is 2.28. The van der Waals surface area contributed by atoms with Crippen LogP contribution in [0, 0.1) is 5.92 Å². The van der Waals surface area contributed by atoms with E-state index in [2.05, 4.69) is 25.9 Å². The molecule has 14 heteroatoms. The van der Waals surface area contributed by atoms with Gasteiger partial charge in [-0.05, 0) is 36.3 Å². The van der Waals surface area contributed by atoms with Gasteiger partial charge in [0, 0.05) is 23.8 Å². The maximum Gasteiger partial charge on any atom is 0.271 e. The van der Waals surface area contributed by atoms with Crippen LogP contribution >= 0.6 is 35.1 Å². The summed E-state index contributed by atoms with van der Waals surface area (Å²) in [4.78, 5) is 64.2. The first-order valence-corrected chi connectivity index (χ1v) is 17.4. The topological polar surface area (TPSA) is 159 Å². The van der Waals surface area contributed by atoms with Gasteiger partial charge in [0.15, 0.2) is 0 Å². The van der Waals surface area contributed by atoms with Crippen molar-refractivity contribution in [3.63, 3.8) is 0 Å². The summed E-state index contributed by atoms with van der Waals surface area (Å²) < 4.78 is 0. The molecule has 0 aliphatic carbocycles. The van der Waals surface area contributed by atoms with E-state index >= 15 is 0 Å². The number of aromatic nitrogens is 2. The lowest BCUT2D eigenvalue weighted by molar-refractivity contribution is -0.137. The first kappa shape index (κ1) is 36.7. The van der Waals surface area contributed by atoms with Crippen molar-refractivity contribution in [3.8, 4) is 0 Å². The number of rotatable bonds is 6. The summed E-state index contributed by atoms with van der Waals surface area (Å²) in [6.45, 7) is 4.17. The normalized spacial score (nSPS) is 18.3. The number of fused-ring (bicyclic) bond motifs is 4. The van der Waals surface area contributed by atoms with Gasteiger partial charge in [0.05, 0.1) is 24.7 Å². The molecule has 5 rings (SSSR count). The number of amides is 4. The summed E-state index contributed by atoms with van der Waals surface area (Å²) in [6.07, 6.45) is 1.15. The van der Waals surface area contributed by atoms with Crippen molar-refractivity contribution in [2.75, 3.05) is 19.6 Å². The van der Waals surface area contributed by atoms with Crippen LogP contribution in [0.15, 0.2) is 71.4 Å². The Bertz CT molecular complexity index is 1680. The van der Waals surface area contributed by atoms with Gasteiger partial charge >= 0.3 is 0 Å². The Labute approximate surface area is 294 Å². The zero-order valence-electron chi connectivity index (χ0n) is 26.8. The molecule has 11 nitrogen and oxygen atoms in total. The molecule has 2 aromatic heterocycles. The molecule has 0 saturated carbocycles. The molecule has 1 aliphatic heterocycles. The van der Waals surface area contributed by atoms with Crippen LogP contribution in [-0.2, 0) is 22.4 Å². The van der Waals surface area contributed by atoms with Crippen LogP contribution in [0.1, 0.15) is 74.5 Å². The molecule has 0 unspecified atom stereocenters. The third kappa shape index (κ3) is 9.69. The number of nitrogens with two attached hydrogens (primary N) is 1. The van der Waals surface area contributed by atoms with Gasteiger partial charge < -0.3 is 26.6 Å². The lowest BCUT2D eigenvalue weighted by Crippen LogP contribution is -2.49. The van der Waals surface area contributed by atoms with Gasteiger partial charge in [-0.3, -0.25) is 19.2 Å². The van der Waals surface area contributed by atoms with Crippen molar-refractivity contribution in [2.45, 2.75) is 51.2 Å². The van der Waals surface area contributed by atoms with E-state index in [1.807, 2.05) is 74.5 Å². The molecule has 48 heavy (non-hydrogen) atoms. The molecule has 0 fully saturated rings. The number of nitrogens with zero attached hydrogens (tertiary/aromatic N) is 3. The average Bonchev–Trinajstić information content (AvgIpc) is 3.76. The lowest BCUT2D eigenvalue weighted by Gasteiger charge is -2.26. The van der Waals surface area contributed by atoms with Gasteiger partial charge in [-0.15, -0.1) is 35.1 Å². The molecule has 254 valence electrons. The molecular weight excluding hydrogens is 670 g/mol. The Balaban J connectivity index is 0.00000520. The fourth-order valence-corrected chi connectivity index (χ4v) is 7.17. The van der Waals surface area contributed by atoms with Gasteiger partial charge in [-0.1, -0.05) is 74.5 Å². The molecule has 0 saturated heterocycles. The first-order chi connectivity index (χ1) is 22.7. The van der Waals surface area contributed by atoms with Crippen molar-refractivity contribution < 1.29 is 19.2 Å². The van der Waals surface area contributed by atoms with Crippen LogP contribution < -0.4 is 21.7 Å². The van der Waals surface area contributed by atoms with Gasteiger partial charge in [-0.25, -0.2) is 9.97 Å². The summed E-state index contributed by atoms with van der Waals surface area (Å²) in [5.74, 6) is -1.49. The van der Waals surface area contributed by atoms with E-state index in [9.17, 15) is 19.2 Å². The average molecular weight is 710 g/mol. The number of nitrogens with one attached hydrogen (secondary N) is 3. The lowest BCUT2D eigenvalue weighted by atomic mass is 10.0. The fraction of sp³-hybridized carbons (Fsp3) is 0.353. The van der Waals surface area contributed by atoms with E-state index in [4.69, 9.17) is 5.73 Å². The van der Waals surface area contributed by atoms with Crippen LogP contribution in [0.2, 0.25) is 0 Å². The third-order valence-corrected chi connectivity index (χ3v) is 9.68. The number of carbonyl (C=O) groups excluding carboxylic acids is 4. The van der Waals surface area contributed by atoms with Crippen molar-refractivity contribution in [1.29, 1.82) is 0 Å². The minimum atomic E-state index is -0.858. The second kappa shape index (κ2) is 17.3. The SMILES string of the molecule is CC(C)[C@@H]1NC(=O)c2csc(n2)[C@H](Cc2ccccc2)NC(=O)CN(C(=O)[C@H](N)Cc2ccccc2)CCCNC(=O)c2csc1n2.Cl. The molecule has 4 amide bonds. The van der Waals surface area contributed by atoms with E-state index in [1.54, 1.807) is 10.8 Å². The number of carbonyl (C=O) groups is 4. The molecule has 4 bridgehead atoms. The number of hydrogen-bond donors (Lipinski definition) is 4. The van der Waals surface area contributed by atoms with Crippen LogP contribution in [0.25, 0.3) is 0 Å². The fourth-order valence-electron chi connectivity index (χ4n) is 5.30. The van der Waals surface area contributed by atoms with Gasteiger partial charge in [0.25, 0.3) is 11.8 Å². The summed E-state index contributed by atoms with van der Waals surface area (Å²) in [5.41, 5.74) is 8.74. The predicted molar refractivity (Wildman–Crippen MR) is 189 cm³/mol. The number of hydrogen-bond acceptors (Lipinski definition) is 9. The quantitative estimate of drug-likeness (QED) is 0.235. The molecular formula is C34H40ClN7O4S2. The molecule has 3 atom stereocenters. The molecule has 0 spiro atoms.